The highest BCUT2D eigenvalue weighted by molar-refractivity contribution is 6.33. The molecule has 2 aromatic carbocycles. The number of nitrogens with two attached hydrogens (primary N) is 1. The molecule has 0 radical (unpaired) electrons. The van der Waals surface area contributed by atoms with E-state index in [0.29, 0.717) is 54.9 Å². The van der Waals surface area contributed by atoms with E-state index in [9.17, 15) is 23.6 Å². The van der Waals surface area contributed by atoms with Crippen LogP contribution in [0, 0.1) is 5.82 Å². The Morgan fingerprint density at radius 1 is 1.11 bits per heavy atom. The summed E-state index contributed by atoms with van der Waals surface area (Å²) in [7, 11) is 0. The molecule has 1 unspecified atom stereocenters. The van der Waals surface area contributed by atoms with E-state index in [1.54, 1.807) is 18.2 Å². The van der Waals surface area contributed by atoms with Gasteiger partial charge in [-0.3, -0.25) is 19.3 Å². The number of nitrogens with one attached hydrogen (secondary N) is 1. The Morgan fingerprint density at radius 3 is 2.23 bits per heavy atom. The molecule has 15 nitrogen and oxygen atoms in total. The summed E-state index contributed by atoms with van der Waals surface area (Å²) in [5.74, 6) is -5.16. The molecule has 0 aromatic heterocycles. The average molecular weight is 650 g/mol. The van der Waals surface area contributed by atoms with Gasteiger partial charge in [-0.25, -0.2) is 9.18 Å². The third-order valence-electron chi connectivity index (χ3n) is 5.96. The van der Waals surface area contributed by atoms with Gasteiger partial charge in [0.25, 0.3) is 5.91 Å². The third kappa shape index (κ3) is 12.7. The van der Waals surface area contributed by atoms with E-state index >= 15 is 0 Å². The Kier molecular flexibility index (Phi) is 16.9. The van der Waals surface area contributed by atoms with Crippen molar-refractivity contribution in [3.05, 3.63) is 58.4 Å². The van der Waals surface area contributed by atoms with Crippen molar-refractivity contribution in [2.45, 2.75) is 38.0 Å². The van der Waals surface area contributed by atoms with Crippen LogP contribution in [0.1, 0.15) is 35.7 Å². The highest BCUT2D eigenvalue weighted by Gasteiger charge is 2.40. The number of nitrogen functional groups attached to an aromatic ring is 1. The van der Waals surface area contributed by atoms with Crippen LogP contribution in [0.15, 0.2) is 36.4 Å². The zero-order valence-electron chi connectivity index (χ0n) is 23.7. The summed E-state index contributed by atoms with van der Waals surface area (Å²) in [6, 6.07) is 9.55. The number of nitrogens with zero attached hydrogens (tertiary/aromatic N) is 1. The van der Waals surface area contributed by atoms with Gasteiger partial charge in [0, 0.05) is 32.2 Å². The first-order valence-corrected chi connectivity index (χ1v) is 13.1. The number of carboxylic acids is 3. The number of carbonyl (C=O) groups is 4. The fourth-order valence-corrected chi connectivity index (χ4v) is 4.10. The van der Waals surface area contributed by atoms with E-state index in [1.807, 2.05) is 6.92 Å². The monoisotopic (exact) mass is 649 g/mol. The Morgan fingerprint density at radius 2 is 1.70 bits per heavy atom. The largest absolute Gasteiger partial charge is 0.493 e. The molecule has 1 atom stereocenters. The first-order chi connectivity index (χ1) is 19.7. The number of hydrogen-bond acceptors (Lipinski definition) is 9. The fraction of sp³-hybridized carbons (Fsp3) is 0.407. The maximum Gasteiger partial charge on any atom is 0.336 e. The molecule has 3 rings (SSSR count). The number of carboxylic acid groups (broad SMARTS) is 3. The summed E-state index contributed by atoms with van der Waals surface area (Å²) >= 11 is 6.07. The molecule has 0 aliphatic carbocycles. The van der Waals surface area contributed by atoms with Crippen LogP contribution in [0.5, 0.6) is 5.75 Å². The van der Waals surface area contributed by atoms with E-state index in [1.165, 1.54) is 18.2 Å². The summed E-state index contributed by atoms with van der Waals surface area (Å²) in [6.45, 7) is 5.31. The van der Waals surface area contributed by atoms with Crippen molar-refractivity contribution < 1.29 is 64.4 Å². The zero-order valence-corrected chi connectivity index (χ0v) is 24.5. The number of anilines is 1. The van der Waals surface area contributed by atoms with Crippen LogP contribution < -0.4 is 15.8 Å². The number of carbonyl (C=O) groups excluding carboxylic acids is 1. The molecule has 0 bridgehead atoms. The van der Waals surface area contributed by atoms with Gasteiger partial charge >= 0.3 is 17.9 Å². The maximum absolute atomic E-state index is 13.1. The number of morpholine rings is 1. The van der Waals surface area contributed by atoms with Gasteiger partial charge in [0.05, 0.1) is 48.4 Å². The lowest BCUT2D eigenvalue weighted by molar-refractivity contribution is -0.170. The van der Waals surface area contributed by atoms with E-state index < -0.39 is 36.4 Å². The molecule has 0 spiro atoms. The number of benzene rings is 2. The van der Waals surface area contributed by atoms with Crippen molar-refractivity contribution in [2.75, 3.05) is 38.6 Å². The van der Waals surface area contributed by atoms with Crippen LogP contribution in [0.3, 0.4) is 0 Å². The molecular weight excluding hydrogens is 613 g/mol. The zero-order chi connectivity index (χ0) is 31.4. The Hall–Kier alpha value is -4.06. The first kappa shape index (κ1) is 39.9. The molecule has 1 saturated heterocycles. The SMILES string of the molecule is CCOc1cc(N)c(Cl)cc1C(=O)NCC1CN(Cc2ccc(F)cc2)CCO1.O.O.O=C(O)CC(O)(CC(=O)O)C(=O)O. The van der Waals surface area contributed by atoms with E-state index in [-0.39, 0.29) is 28.8 Å². The van der Waals surface area contributed by atoms with E-state index in [2.05, 4.69) is 10.2 Å². The fourth-order valence-electron chi connectivity index (χ4n) is 3.93. The van der Waals surface area contributed by atoms with Crippen LogP contribution in [0.2, 0.25) is 5.02 Å². The quantitative estimate of drug-likeness (QED) is 0.168. The van der Waals surface area contributed by atoms with Gasteiger partial charge in [-0.05, 0) is 30.7 Å². The van der Waals surface area contributed by atoms with Gasteiger partial charge < -0.3 is 51.9 Å². The molecule has 246 valence electrons. The van der Waals surface area contributed by atoms with Crippen LogP contribution in [0.25, 0.3) is 0 Å². The highest BCUT2D eigenvalue weighted by Crippen LogP contribution is 2.29. The molecule has 1 aliphatic rings. The lowest BCUT2D eigenvalue weighted by Gasteiger charge is -2.33. The lowest BCUT2D eigenvalue weighted by atomic mass is 9.96. The minimum Gasteiger partial charge on any atom is -0.493 e. The topological polar surface area (TPSA) is 272 Å². The summed E-state index contributed by atoms with van der Waals surface area (Å²) in [5.41, 5.74) is 4.80. The van der Waals surface area contributed by atoms with Crippen molar-refractivity contribution in [3.63, 3.8) is 0 Å². The van der Waals surface area contributed by atoms with Crippen molar-refractivity contribution in [2.24, 2.45) is 0 Å². The molecule has 44 heavy (non-hydrogen) atoms. The summed E-state index contributed by atoms with van der Waals surface area (Å²) in [6.07, 6.45) is -2.43. The molecule has 11 N–H and O–H groups in total. The second kappa shape index (κ2) is 18.6. The molecule has 1 fully saturated rings. The Labute approximate surface area is 256 Å². The third-order valence-corrected chi connectivity index (χ3v) is 6.29. The summed E-state index contributed by atoms with van der Waals surface area (Å²) < 4.78 is 24.4. The normalized spacial score (nSPS) is 14.5. The Bertz CT molecular complexity index is 1250. The number of aliphatic carboxylic acids is 3. The van der Waals surface area contributed by atoms with Crippen molar-refractivity contribution >= 4 is 41.1 Å². The van der Waals surface area contributed by atoms with Gasteiger partial charge in [-0.1, -0.05) is 23.7 Å². The van der Waals surface area contributed by atoms with Crippen LogP contribution in [0.4, 0.5) is 10.1 Å². The Balaban J connectivity index is 0.00000106. The summed E-state index contributed by atoms with van der Waals surface area (Å²) in [4.78, 5) is 45.4. The number of hydrogen-bond donors (Lipinski definition) is 6. The second-order valence-electron chi connectivity index (χ2n) is 9.35. The highest BCUT2D eigenvalue weighted by atomic mass is 35.5. The molecule has 1 amide bonds. The van der Waals surface area contributed by atoms with Crippen LogP contribution in [-0.2, 0) is 25.7 Å². The predicted octanol–water partition coefficient (Wildman–Crippen LogP) is 0.193. The number of rotatable bonds is 12. The average Bonchev–Trinajstić information content (AvgIpc) is 2.90. The predicted molar refractivity (Wildman–Crippen MR) is 155 cm³/mol. The van der Waals surface area contributed by atoms with Crippen molar-refractivity contribution in [3.8, 4) is 5.75 Å². The maximum atomic E-state index is 13.1. The smallest absolute Gasteiger partial charge is 0.336 e. The molecular formula is C27H37ClFN3O12. The minimum absolute atomic E-state index is 0. The molecule has 17 heteroatoms. The van der Waals surface area contributed by atoms with Gasteiger partial charge in [-0.2, -0.15) is 0 Å². The van der Waals surface area contributed by atoms with E-state index in [4.69, 9.17) is 47.2 Å². The minimum atomic E-state index is -2.74. The number of ether oxygens (including phenoxy) is 2. The standard InChI is InChI=1S/C21H25ClFN3O3.C6H8O7.2H2O/c1-2-28-20-10-19(24)18(22)9-17(20)21(27)25-11-16-13-26(7-8-29-16)12-14-3-5-15(23)6-4-14;7-3(8)1-6(13,5(11)12)2-4(9)10;;/h3-6,9-10,16H,2,7-8,11-13,24H2,1H3,(H,25,27);13H,1-2H2,(H,7,8)(H,9,10)(H,11,12);2*1H2. The molecule has 0 saturated carbocycles. The second-order valence-corrected chi connectivity index (χ2v) is 9.75. The summed E-state index contributed by atoms with van der Waals surface area (Å²) in [5, 5.41) is 37.0. The van der Waals surface area contributed by atoms with E-state index in [0.717, 1.165) is 12.1 Å². The van der Waals surface area contributed by atoms with Crippen molar-refractivity contribution in [1.29, 1.82) is 0 Å². The van der Waals surface area contributed by atoms with Crippen LogP contribution in [-0.4, -0.2) is 105 Å². The van der Waals surface area contributed by atoms with Gasteiger partial charge in [0.1, 0.15) is 11.6 Å². The molecule has 1 heterocycles. The molecule has 2 aromatic rings. The number of halogens is 2. The van der Waals surface area contributed by atoms with Gasteiger partial charge in [0.15, 0.2) is 5.60 Å². The lowest BCUT2D eigenvalue weighted by Crippen LogP contribution is -2.47. The first-order valence-electron chi connectivity index (χ1n) is 12.7. The van der Waals surface area contributed by atoms with Crippen LogP contribution >= 0.6 is 11.6 Å². The van der Waals surface area contributed by atoms with Gasteiger partial charge in [0.2, 0.25) is 0 Å². The van der Waals surface area contributed by atoms with Gasteiger partial charge in [-0.15, -0.1) is 0 Å². The van der Waals surface area contributed by atoms with Crippen molar-refractivity contribution in [1.82, 2.24) is 10.2 Å². The number of aliphatic hydroxyl groups is 1. The molecule has 1 aliphatic heterocycles. The number of amides is 1.